The van der Waals surface area contributed by atoms with Gasteiger partial charge in [-0.05, 0) is 29.3 Å². The summed E-state index contributed by atoms with van der Waals surface area (Å²) in [5.74, 6) is 0.670. The van der Waals surface area contributed by atoms with E-state index in [1.54, 1.807) is 26.3 Å². The topological polar surface area (TPSA) is 55.4 Å². The second kappa shape index (κ2) is 5.88. The summed E-state index contributed by atoms with van der Waals surface area (Å²) in [6.07, 6.45) is 0.534. The van der Waals surface area contributed by atoms with Crippen LogP contribution in [0.4, 0.5) is 0 Å². The number of ketones is 1. The van der Waals surface area contributed by atoms with Crippen molar-refractivity contribution < 1.29 is 14.3 Å². The Hall–Kier alpha value is -2.62. The van der Waals surface area contributed by atoms with E-state index in [-0.39, 0.29) is 18.1 Å². The van der Waals surface area contributed by atoms with E-state index in [4.69, 9.17) is 4.74 Å². The average Bonchev–Trinajstić information content (AvgIpc) is 2.88. The van der Waals surface area contributed by atoms with Crippen molar-refractivity contribution in [3.8, 4) is 5.75 Å². The summed E-state index contributed by atoms with van der Waals surface area (Å²) >= 11 is 0. The summed E-state index contributed by atoms with van der Waals surface area (Å²) in [6, 6.07) is 15.2. The van der Waals surface area contributed by atoms with Crippen molar-refractivity contribution in [3.05, 3.63) is 65.2 Å². The van der Waals surface area contributed by atoms with Crippen LogP contribution in [0.5, 0.6) is 5.75 Å². The first-order chi connectivity index (χ1) is 11.1. The van der Waals surface area contributed by atoms with Crippen LogP contribution >= 0.6 is 0 Å². The quantitative estimate of drug-likeness (QED) is 0.945. The number of hydrogen-bond donors (Lipinski definition) is 1. The van der Waals surface area contributed by atoms with E-state index in [1.165, 1.54) is 0 Å². The molecule has 0 aromatic heterocycles. The van der Waals surface area contributed by atoms with E-state index >= 15 is 0 Å². The molecule has 4 heteroatoms. The van der Waals surface area contributed by atoms with Crippen LogP contribution in [0, 0.1) is 0 Å². The molecule has 3 rings (SSSR count). The third-order valence-electron chi connectivity index (χ3n) is 4.57. The highest BCUT2D eigenvalue weighted by Crippen LogP contribution is 2.47. The molecule has 1 atom stereocenters. The van der Waals surface area contributed by atoms with Gasteiger partial charge in [-0.1, -0.05) is 30.3 Å². The molecule has 0 bridgehead atoms. The molecule has 0 saturated heterocycles. The van der Waals surface area contributed by atoms with Crippen LogP contribution in [0.15, 0.2) is 48.5 Å². The summed E-state index contributed by atoms with van der Waals surface area (Å²) in [5, 5.41) is 2.68. The maximum Gasteiger partial charge on any atom is 0.220 e. The van der Waals surface area contributed by atoms with Crippen LogP contribution in [0.1, 0.15) is 34.3 Å². The predicted molar refractivity (Wildman–Crippen MR) is 87.8 cm³/mol. The van der Waals surface area contributed by atoms with Gasteiger partial charge in [-0.25, -0.2) is 0 Å². The molecule has 0 radical (unpaired) electrons. The number of amides is 1. The highest BCUT2D eigenvalue weighted by molar-refractivity contribution is 6.04. The zero-order valence-corrected chi connectivity index (χ0v) is 13.3. The number of fused-ring (bicyclic) bond motifs is 1. The fraction of sp³-hybridized carbons (Fsp3) is 0.263. The Morgan fingerprint density at radius 1 is 1.22 bits per heavy atom. The Kier molecular flexibility index (Phi) is 3.90. The number of carbonyl (C=O) groups excluding carboxylic acids is 2. The average molecular weight is 309 g/mol. The Morgan fingerprint density at radius 3 is 2.61 bits per heavy atom. The number of Topliss-reactive ketones (excluding diaryl/α,β-unsaturated/α-hetero) is 1. The largest absolute Gasteiger partial charge is 0.497 e. The molecule has 1 aliphatic carbocycles. The van der Waals surface area contributed by atoms with Gasteiger partial charge in [-0.3, -0.25) is 9.59 Å². The molecule has 1 unspecified atom stereocenters. The number of hydrogen-bond acceptors (Lipinski definition) is 3. The summed E-state index contributed by atoms with van der Waals surface area (Å²) in [4.78, 5) is 24.7. The molecular weight excluding hydrogens is 290 g/mol. The van der Waals surface area contributed by atoms with Crippen LogP contribution in [0.3, 0.4) is 0 Å². The molecule has 2 aromatic rings. The van der Waals surface area contributed by atoms with Crippen molar-refractivity contribution in [1.29, 1.82) is 0 Å². The van der Waals surface area contributed by atoms with Gasteiger partial charge in [0.2, 0.25) is 5.91 Å². The smallest absolute Gasteiger partial charge is 0.220 e. The Bertz CT molecular complexity index is 754. The van der Waals surface area contributed by atoms with E-state index < -0.39 is 5.41 Å². The van der Waals surface area contributed by atoms with Crippen LogP contribution in [0.2, 0.25) is 0 Å². The molecule has 0 spiro atoms. The highest BCUT2D eigenvalue weighted by atomic mass is 16.5. The van der Waals surface area contributed by atoms with E-state index in [0.29, 0.717) is 17.7 Å². The van der Waals surface area contributed by atoms with E-state index in [2.05, 4.69) is 5.32 Å². The zero-order valence-electron chi connectivity index (χ0n) is 13.3. The fourth-order valence-corrected chi connectivity index (χ4v) is 3.39. The molecule has 0 aliphatic heterocycles. The predicted octanol–water partition coefficient (Wildman–Crippen LogP) is 2.70. The molecule has 2 aromatic carbocycles. The van der Waals surface area contributed by atoms with Crippen LogP contribution < -0.4 is 10.1 Å². The fourth-order valence-electron chi connectivity index (χ4n) is 3.39. The molecular formula is C19H19NO3. The SMILES string of the molecule is CNC(=O)CC1(c2ccccc2)CC(=O)c2ccc(OC)cc21. The Morgan fingerprint density at radius 2 is 1.96 bits per heavy atom. The van der Waals surface area contributed by atoms with Gasteiger partial charge in [0.1, 0.15) is 5.75 Å². The lowest BCUT2D eigenvalue weighted by atomic mass is 9.72. The maximum atomic E-state index is 12.6. The van der Waals surface area contributed by atoms with Crippen molar-refractivity contribution in [2.45, 2.75) is 18.3 Å². The third-order valence-corrected chi connectivity index (χ3v) is 4.57. The van der Waals surface area contributed by atoms with Gasteiger partial charge >= 0.3 is 0 Å². The van der Waals surface area contributed by atoms with Crippen molar-refractivity contribution in [3.63, 3.8) is 0 Å². The van der Waals surface area contributed by atoms with E-state index in [1.807, 2.05) is 36.4 Å². The molecule has 1 aliphatic rings. The molecule has 23 heavy (non-hydrogen) atoms. The summed E-state index contributed by atoms with van der Waals surface area (Å²) < 4.78 is 5.32. The van der Waals surface area contributed by atoms with Gasteiger partial charge in [-0.15, -0.1) is 0 Å². The van der Waals surface area contributed by atoms with Crippen molar-refractivity contribution in [2.75, 3.05) is 14.2 Å². The van der Waals surface area contributed by atoms with Gasteiger partial charge in [0, 0.05) is 30.9 Å². The van der Waals surface area contributed by atoms with Gasteiger partial charge in [-0.2, -0.15) is 0 Å². The normalized spacial score (nSPS) is 19.3. The van der Waals surface area contributed by atoms with Crippen LogP contribution in [-0.2, 0) is 10.2 Å². The van der Waals surface area contributed by atoms with E-state index in [0.717, 1.165) is 11.1 Å². The zero-order chi connectivity index (χ0) is 16.4. The molecule has 118 valence electrons. The monoisotopic (exact) mass is 309 g/mol. The van der Waals surface area contributed by atoms with E-state index in [9.17, 15) is 9.59 Å². The molecule has 0 saturated carbocycles. The standard InChI is InChI=1S/C19H19NO3/c1-20-18(22)12-19(13-6-4-3-5-7-13)11-17(21)15-9-8-14(23-2)10-16(15)19/h3-10H,11-12H2,1-2H3,(H,20,22). The molecule has 0 heterocycles. The minimum Gasteiger partial charge on any atom is -0.497 e. The Labute approximate surface area is 135 Å². The van der Waals surface area contributed by atoms with Crippen LogP contribution in [-0.4, -0.2) is 25.8 Å². The van der Waals surface area contributed by atoms with Gasteiger partial charge < -0.3 is 10.1 Å². The van der Waals surface area contributed by atoms with Gasteiger partial charge in [0.15, 0.2) is 5.78 Å². The van der Waals surface area contributed by atoms with Gasteiger partial charge in [0.25, 0.3) is 0 Å². The number of methoxy groups -OCH3 is 1. The third kappa shape index (κ3) is 2.50. The molecule has 1 N–H and O–H groups in total. The van der Waals surface area contributed by atoms with Crippen LogP contribution in [0.25, 0.3) is 0 Å². The molecule has 0 fully saturated rings. The first-order valence-electron chi connectivity index (χ1n) is 7.58. The lowest BCUT2D eigenvalue weighted by Crippen LogP contribution is -2.33. The second-order valence-electron chi connectivity index (χ2n) is 5.81. The minimum atomic E-state index is -0.637. The number of benzene rings is 2. The first kappa shape index (κ1) is 15.3. The summed E-state index contributed by atoms with van der Waals surface area (Å²) in [7, 11) is 3.21. The number of nitrogens with one attached hydrogen (secondary N) is 1. The maximum absolute atomic E-state index is 12.6. The highest BCUT2D eigenvalue weighted by Gasteiger charge is 2.46. The van der Waals surface area contributed by atoms with Crippen molar-refractivity contribution in [1.82, 2.24) is 5.32 Å². The number of ether oxygens (including phenoxy) is 1. The lowest BCUT2D eigenvalue weighted by Gasteiger charge is -2.30. The first-order valence-corrected chi connectivity index (χ1v) is 7.58. The summed E-state index contributed by atoms with van der Waals surface area (Å²) in [5.41, 5.74) is 1.89. The Balaban J connectivity index is 2.22. The number of rotatable bonds is 4. The summed E-state index contributed by atoms with van der Waals surface area (Å²) in [6.45, 7) is 0. The second-order valence-corrected chi connectivity index (χ2v) is 5.81. The number of carbonyl (C=O) groups is 2. The van der Waals surface area contributed by atoms with Crippen molar-refractivity contribution >= 4 is 11.7 Å². The molecule has 1 amide bonds. The van der Waals surface area contributed by atoms with Crippen molar-refractivity contribution in [2.24, 2.45) is 0 Å². The lowest BCUT2D eigenvalue weighted by molar-refractivity contribution is -0.121. The molecule has 4 nitrogen and oxygen atoms in total. The van der Waals surface area contributed by atoms with Gasteiger partial charge in [0.05, 0.1) is 7.11 Å². The minimum absolute atomic E-state index is 0.0652.